The van der Waals surface area contributed by atoms with Crippen molar-refractivity contribution in [3.8, 4) is 0 Å². The fourth-order valence-electron chi connectivity index (χ4n) is 2.86. The van der Waals surface area contributed by atoms with Crippen LogP contribution in [0.25, 0.3) is 0 Å². The smallest absolute Gasteiger partial charge is 0.257 e. The monoisotopic (exact) mass is 565 g/mol. The molecule has 3 N–H and O–H groups in total. The molecule has 34 heavy (non-hydrogen) atoms. The van der Waals surface area contributed by atoms with Crippen LogP contribution in [0, 0.1) is 0 Å². The van der Waals surface area contributed by atoms with Gasteiger partial charge in [-0.15, -0.1) is 10.2 Å². The number of aromatic nitrogens is 2. The number of benzene rings is 2. The van der Waals surface area contributed by atoms with Gasteiger partial charge in [0.25, 0.3) is 11.8 Å². The molecule has 0 fully saturated rings. The van der Waals surface area contributed by atoms with E-state index in [0.717, 1.165) is 17.3 Å². The highest BCUT2D eigenvalue weighted by Gasteiger charge is 2.17. The topological polar surface area (TPSA) is 130 Å². The summed E-state index contributed by atoms with van der Waals surface area (Å²) < 4.78 is 28.2. The molecule has 9 nitrogen and oxygen atoms in total. The van der Waals surface area contributed by atoms with E-state index in [1.807, 2.05) is 13.0 Å². The molecule has 0 bridgehead atoms. The predicted octanol–water partition coefficient (Wildman–Crippen LogP) is 3.60. The van der Waals surface area contributed by atoms with Crippen molar-refractivity contribution in [2.75, 3.05) is 18.4 Å². The Balaban J connectivity index is 1.54. The minimum atomic E-state index is -3.69. The van der Waals surface area contributed by atoms with Gasteiger partial charge in [0.2, 0.25) is 15.2 Å². The van der Waals surface area contributed by atoms with Crippen molar-refractivity contribution >= 4 is 54.2 Å². The van der Waals surface area contributed by atoms with Crippen LogP contribution >= 0.6 is 27.3 Å². The first-order chi connectivity index (χ1) is 16.3. The Hall–Kier alpha value is -2.67. The van der Waals surface area contributed by atoms with E-state index in [1.165, 1.54) is 35.6 Å². The zero-order valence-electron chi connectivity index (χ0n) is 18.4. The molecule has 1 aromatic heterocycles. The normalized spacial score (nSPS) is 11.2. The summed E-state index contributed by atoms with van der Waals surface area (Å²) in [5.41, 5.74) is 0.737. The Bertz CT molecular complexity index is 1260. The Morgan fingerprint density at radius 3 is 2.47 bits per heavy atom. The van der Waals surface area contributed by atoms with Crippen molar-refractivity contribution in [1.82, 2.24) is 20.2 Å². The average Bonchev–Trinajstić information content (AvgIpc) is 3.26. The molecule has 2 amide bonds. The molecule has 2 aromatic carbocycles. The maximum atomic E-state index is 12.6. The first-order valence-corrected chi connectivity index (χ1v) is 13.6. The molecule has 0 atom stereocenters. The van der Waals surface area contributed by atoms with Gasteiger partial charge in [0.1, 0.15) is 5.01 Å². The Kier molecular flexibility index (Phi) is 9.28. The van der Waals surface area contributed by atoms with Gasteiger partial charge in [-0.1, -0.05) is 52.7 Å². The molecule has 0 unspecified atom stereocenters. The summed E-state index contributed by atoms with van der Waals surface area (Å²) in [6.07, 6.45) is 2.04. The van der Waals surface area contributed by atoms with E-state index in [0.29, 0.717) is 30.1 Å². The third-order valence-corrected chi connectivity index (χ3v) is 7.48. The second-order valence-electron chi connectivity index (χ2n) is 7.25. The number of rotatable bonds is 11. The van der Waals surface area contributed by atoms with Gasteiger partial charge in [0.15, 0.2) is 0 Å². The minimum Gasteiger partial charge on any atom is -0.352 e. The SMILES string of the molecule is CCCCNS(=O)(=O)c1cccc(C(=O)Nc2nnc(CCNC(=O)c3cccc(Br)c3)s2)c1. The van der Waals surface area contributed by atoms with Crippen molar-refractivity contribution in [2.45, 2.75) is 31.1 Å². The predicted molar refractivity (Wildman–Crippen MR) is 135 cm³/mol. The second-order valence-corrected chi connectivity index (χ2v) is 11.0. The minimum absolute atomic E-state index is 0.0235. The highest BCUT2D eigenvalue weighted by atomic mass is 79.9. The molecule has 0 aliphatic heterocycles. The van der Waals surface area contributed by atoms with Crippen LogP contribution in [0.4, 0.5) is 5.13 Å². The van der Waals surface area contributed by atoms with Crippen molar-refractivity contribution in [1.29, 1.82) is 0 Å². The van der Waals surface area contributed by atoms with Crippen LogP contribution in [-0.4, -0.2) is 43.5 Å². The molecule has 1 heterocycles. The van der Waals surface area contributed by atoms with Crippen LogP contribution in [0.15, 0.2) is 57.9 Å². The number of nitrogens with one attached hydrogen (secondary N) is 3. The standard InChI is InChI=1S/C22H24BrN5O4S2/c1-2-3-11-25-34(31,32)18-9-5-7-16(14-18)21(30)26-22-28-27-19(33-22)10-12-24-20(29)15-6-4-8-17(23)13-15/h4-9,13-14,25H,2-3,10-12H2,1H3,(H,24,29)(H,26,28,30). The molecular formula is C22H24BrN5O4S2. The summed E-state index contributed by atoms with van der Waals surface area (Å²) in [6.45, 7) is 2.67. The molecule has 0 aliphatic carbocycles. The molecule has 3 rings (SSSR count). The highest BCUT2D eigenvalue weighted by Crippen LogP contribution is 2.18. The lowest BCUT2D eigenvalue weighted by Gasteiger charge is -2.08. The molecule has 12 heteroatoms. The summed E-state index contributed by atoms with van der Waals surface area (Å²) in [6, 6.07) is 12.9. The van der Waals surface area contributed by atoms with Crippen LogP contribution in [-0.2, 0) is 16.4 Å². The van der Waals surface area contributed by atoms with Crippen molar-refractivity contribution < 1.29 is 18.0 Å². The first-order valence-electron chi connectivity index (χ1n) is 10.6. The molecule has 3 aromatic rings. The number of carbonyl (C=O) groups is 2. The number of hydrogen-bond donors (Lipinski definition) is 3. The van der Waals surface area contributed by atoms with Crippen molar-refractivity contribution in [2.24, 2.45) is 0 Å². The quantitative estimate of drug-likeness (QED) is 0.304. The number of halogens is 1. The third-order valence-electron chi connectivity index (χ3n) is 4.63. The van der Waals surface area contributed by atoms with E-state index in [2.05, 4.69) is 41.5 Å². The van der Waals surface area contributed by atoms with Crippen molar-refractivity contribution in [3.63, 3.8) is 0 Å². The van der Waals surface area contributed by atoms with Gasteiger partial charge in [-0.05, 0) is 42.8 Å². The third kappa shape index (κ3) is 7.42. The maximum absolute atomic E-state index is 12.6. The van der Waals surface area contributed by atoms with Crippen LogP contribution in [0.2, 0.25) is 0 Å². The van der Waals surface area contributed by atoms with E-state index >= 15 is 0 Å². The number of hydrogen-bond acceptors (Lipinski definition) is 7. The van der Waals surface area contributed by atoms with Gasteiger partial charge >= 0.3 is 0 Å². The molecule has 180 valence electrons. The van der Waals surface area contributed by atoms with E-state index in [1.54, 1.807) is 18.2 Å². The van der Waals surface area contributed by atoms with E-state index in [4.69, 9.17) is 0 Å². The molecular weight excluding hydrogens is 542 g/mol. The second kappa shape index (κ2) is 12.2. The fourth-order valence-corrected chi connectivity index (χ4v) is 5.11. The van der Waals surface area contributed by atoms with Gasteiger partial charge < -0.3 is 5.32 Å². The lowest BCUT2D eigenvalue weighted by molar-refractivity contribution is 0.0953. The Labute approximate surface area is 210 Å². The van der Waals surface area contributed by atoms with Gasteiger partial charge in [-0.3, -0.25) is 14.9 Å². The number of amides is 2. The zero-order valence-corrected chi connectivity index (χ0v) is 21.6. The van der Waals surface area contributed by atoms with Crippen molar-refractivity contribution in [3.05, 3.63) is 69.1 Å². The first kappa shape index (κ1) is 25.9. The zero-order chi connectivity index (χ0) is 24.6. The van der Waals surface area contributed by atoms with E-state index in [9.17, 15) is 18.0 Å². The number of nitrogens with zero attached hydrogens (tertiary/aromatic N) is 2. The fraction of sp³-hybridized carbons (Fsp3) is 0.273. The molecule has 0 aliphatic rings. The lowest BCUT2D eigenvalue weighted by Crippen LogP contribution is -2.25. The number of unbranched alkanes of at least 4 members (excludes halogenated alkanes) is 1. The van der Waals surface area contributed by atoms with Crippen LogP contribution in [0.3, 0.4) is 0 Å². The molecule has 0 spiro atoms. The maximum Gasteiger partial charge on any atom is 0.257 e. The summed E-state index contributed by atoms with van der Waals surface area (Å²) in [5.74, 6) is -0.686. The number of sulfonamides is 1. The Morgan fingerprint density at radius 2 is 1.74 bits per heavy atom. The average molecular weight is 567 g/mol. The summed E-state index contributed by atoms with van der Waals surface area (Å²) in [5, 5.41) is 14.4. The molecule has 0 radical (unpaired) electrons. The number of carbonyl (C=O) groups excluding carboxylic acids is 2. The van der Waals surface area contributed by atoms with E-state index in [-0.39, 0.29) is 21.5 Å². The number of anilines is 1. The van der Waals surface area contributed by atoms with E-state index < -0.39 is 15.9 Å². The Morgan fingerprint density at radius 1 is 1.00 bits per heavy atom. The van der Waals surface area contributed by atoms with Gasteiger partial charge in [0.05, 0.1) is 4.90 Å². The molecule has 0 saturated carbocycles. The van der Waals surface area contributed by atoms with Crippen LogP contribution in [0.5, 0.6) is 0 Å². The van der Waals surface area contributed by atoms with Gasteiger partial charge in [0, 0.05) is 35.1 Å². The lowest BCUT2D eigenvalue weighted by atomic mass is 10.2. The van der Waals surface area contributed by atoms with Crippen LogP contribution in [0.1, 0.15) is 45.5 Å². The molecule has 0 saturated heterocycles. The van der Waals surface area contributed by atoms with Gasteiger partial charge in [-0.25, -0.2) is 13.1 Å². The highest BCUT2D eigenvalue weighted by molar-refractivity contribution is 9.10. The largest absolute Gasteiger partial charge is 0.352 e. The van der Waals surface area contributed by atoms with Crippen LogP contribution < -0.4 is 15.4 Å². The summed E-state index contributed by atoms with van der Waals surface area (Å²) in [7, 11) is -3.69. The summed E-state index contributed by atoms with van der Waals surface area (Å²) in [4.78, 5) is 24.8. The summed E-state index contributed by atoms with van der Waals surface area (Å²) >= 11 is 4.52. The van der Waals surface area contributed by atoms with Gasteiger partial charge in [-0.2, -0.15) is 0 Å².